The molecule has 6 nitrogen and oxygen atoms in total. The summed E-state index contributed by atoms with van der Waals surface area (Å²) in [5.41, 5.74) is 10.1. The Morgan fingerprint density at radius 1 is 0.800 bits per heavy atom. The van der Waals surface area contributed by atoms with Crippen molar-refractivity contribution in [1.82, 2.24) is 10.3 Å². The Balaban J connectivity index is 1.41. The molecule has 4 aromatic rings. The van der Waals surface area contributed by atoms with E-state index in [2.05, 4.69) is 15.6 Å². The van der Waals surface area contributed by atoms with Gasteiger partial charge in [0, 0.05) is 41.1 Å². The Kier molecular flexibility index (Phi) is 7.88. The van der Waals surface area contributed by atoms with E-state index in [9.17, 15) is 9.59 Å². The summed E-state index contributed by atoms with van der Waals surface area (Å²) in [6.07, 6.45) is 3.32. The molecule has 176 valence electrons. The van der Waals surface area contributed by atoms with Crippen molar-refractivity contribution in [3.05, 3.63) is 131 Å². The zero-order chi connectivity index (χ0) is 24.6. The van der Waals surface area contributed by atoms with Crippen molar-refractivity contribution in [2.45, 2.75) is 18.5 Å². The van der Waals surface area contributed by atoms with Gasteiger partial charge in [-0.2, -0.15) is 0 Å². The van der Waals surface area contributed by atoms with Crippen LogP contribution in [0.15, 0.2) is 103 Å². The molecule has 4 N–H and O–H groups in total. The summed E-state index contributed by atoms with van der Waals surface area (Å²) in [6.45, 7) is 0. The number of amides is 2. The van der Waals surface area contributed by atoms with E-state index in [-0.39, 0.29) is 24.3 Å². The highest BCUT2D eigenvalue weighted by atomic mass is 35.5. The second-order valence-corrected chi connectivity index (χ2v) is 8.52. The van der Waals surface area contributed by atoms with Crippen LogP contribution in [0.4, 0.5) is 5.69 Å². The minimum atomic E-state index is -0.519. The van der Waals surface area contributed by atoms with Gasteiger partial charge in [-0.05, 0) is 53.1 Å². The molecule has 0 spiro atoms. The third kappa shape index (κ3) is 6.53. The van der Waals surface area contributed by atoms with Crippen LogP contribution < -0.4 is 16.4 Å². The average Bonchev–Trinajstić information content (AvgIpc) is 2.89. The summed E-state index contributed by atoms with van der Waals surface area (Å²) < 4.78 is 0. The number of carbonyl (C=O) groups is 2. The van der Waals surface area contributed by atoms with Crippen molar-refractivity contribution in [3.8, 4) is 0 Å². The maximum absolute atomic E-state index is 12.9. The molecule has 0 aliphatic carbocycles. The molecular formula is C28H25ClN4O2. The molecule has 2 unspecified atom stereocenters. The summed E-state index contributed by atoms with van der Waals surface area (Å²) in [5.74, 6) is -0.413. The lowest BCUT2D eigenvalue weighted by Crippen LogP contribution is -2.31. The van der Waals surface area contributed by atoms with Crippen LogP contribution in [0.3, 0.4) is 0 Å². The third-order valence-corrected chi connectivity index (χ3v) is 5.84. The molecule has 0 saturated carbocycles. The highest BCUT2D eigenvalue weighted by molar-refractivity contribution is 6.30. The number of pyridine rings is 1. The van der Waals surface area contributed by atoms with Crippen molar-refractivity contribution in [2.24, 2.45) is 5.73 Å². The van der Waals surface area contributed by atoms with Crippen LogP contribution in [-0.4, -0.2) is 16.8 Å². The van der Waals surface area contributed by atoms with Gasteiger partial charge in [0.15, 0.2) is 0 Å². The molecule has 2 amide bonds. The summed E-state index contributed by atoms with van der Waals surface area (Å²) in [4.78, 5) is 29.3. The van der Waals surface area contributed by atoms with Crippen LogP contribution in [-0.2, 0) is 4.79 Å². The lowest BCUT2D eigenvalue weighted by atomic mass is 9.97. The fourth-order valence-electron chi connectivity index (χ4n) is 3.72. The summed E-state index contributed by atoms with van der Waals surface area (Å²) in [5, 5.41) is 6.54. The van der Waals surface area contributed by atoms with Crippen LogP contribution in [0.2, 0.25) is 5.02 Å². The van der Waals surface area contributed by atoms with Crippen molar-refractivity contribution in [2.75, 3.05) is 5.32 Å². The van der Waals surface area contributed by atoms with Crippen LogP contribution in [0.25, 0.3) is 0 Å². The quantitative estimate of drug-likeness (QED) is 0.317. The molecule has 0 radical (unpaired) electrons. The van der Waals surface area contributed by atoms with E-state index in [0.29, 0.717) is 16.3 Å². The van der Waals surface area contributed by atoms with E-state index in [4.69, 9.17) is 17.3 Å². The highest BCUT2D eigenvalue weighted by Crippen LogP contribution is 2.24. The molecule has 35 heavy (non-hydrogen) atoms. The average molecular weight is 485 g/mol. The smallest absolute Gasteiger partial charge is 0.255 e. The first-order chi connectivity index (χ1) is 17.0. The van der Waals surface area contributed by atoms with Gasteiger partial charge in [0.05, 0.1) is 6.04 Å². The predicted molar refractivity (Wildman–Crippen MR) is 138 cm³/mol. The van der Waals surface area contributed by atoms with Crippen LogP contribution >= 0.6 is 11.6 Å². The minimum Gasteiger partial charge on any atom is -0.345 e. The van der Waals surface area contributed by atoms with E-state index in [0.717, 1.165) is 16.7 Å². The third-order valence-electron chi connectivity index (χ3n) is 5.59. The van der Waals surface area contributed by atoms with Gasteiger partial charge in [0.25, 0.3) is 5.91 Å². The van der Waals surface area contributed by atoms with Crippen LogP contribution in [0.1, 0.15) is 45.6 Å². The number of nitrogens with one attached hydrogen (secondary N) is 2. The minimum absolute atomic E-state index is 0.0967. The Bertz CT molecular complexity index is 1260. The van der Waals surface area contributed by atoms with Crippen LogP contribution in [0, 0.1) is 0 Å². The number of nitrogens with two attached hydrogens (primary N) is 1. The Labute approximate surface area is 209 Å². The fraction of sp³-hybridized carbons (Fsp3) is 0.107. The zero-order valence-electron chi connectivity index (χ0n) is 18.9. The topological polar surface area (TPSA) is 97.1 Å². The molecule has 1 aromatic heterocycles. The summed E-state index contributed by atoms with van der Waals surface area (Å²) >= 11 is 6.04. The van der Waals surface area contributed by atoms with Gasteiger partial charge >= 0.3 is 0 Å². The lowest BCUT2D eigenvalue weighted by molar-refractivity contribution is -0.122. The number of aromatic nitrogens is 1. The first-order valence-electron chi connectivity index (χ1n) is 11.2. The Hall–Kier alpha value is -4.00. The Morgan fingerprint density at radius 3 is 2.06 bits per heavy atom. The second kappa shape index (κ2) is 11.4. The van der Waals surface area contributed by atoms with Crippen molar-refractivity contribution >= 4 is 29.1 Å². The molecule has 0 aliphatic heterocycles. The van der Waals surface area contributed by atoms with Gasteiger partial charge in [-0.3, -0.25) is 14.6 Å². The van der Waals surface area contributed by atoms with Crippen LogP contribution in [0.5, 0.6) is 0 Å². The molecule has 0 aliphatic rings. The molecule has 7 heteroatoms. The molecule has 3 aromatic carbocycles. The van der Waals surface area contributed by atoms with E-state index in [1.807, 2.05) is 42.5 Å². The Morgan fingerprint density at radius 2 is 1.40 bits per heavy atom. The maximum Gasteiger partial charge on any atom is 0.255 e. The van der Waals surface area contributed by atoms with Gasteiger partial charge < -0.3 is 16.4 Å². The SMILES string of the molecule is NC(CC(=O)NC(c1ccccc1)c1ccc(Cl)cc1)c1ccc(C(=O)Nc2ccncc2)cc1. The first kappa shape index (κ1) is 24.1. The lowest BCUT2D eigenvalue weighted by Gasteiger charge is -2.21. The van der Waals surface area contributed by atoms with Gasteiger partial charge in [0.2, 0.25) is 5.91 Å². The van der Waals surface area contributed by atoms with E-state index >= 15 is 0 Å². The number of carbonyl (C=O) groups excluding carboxylic acids is 2. The number of anilines is 1. The predicted octanol–water partition coefficient (Wildman–Crippen LogP) is 5.28. The standard InChI is InChI=1S/C28H25ClN4O2/c29-23-12-10-21(11-13-23)27(20-4-2-1-3-5-20)33-26(34)18-25(30)19-6-8-22(9-7-19)28(35)32-24-14-16-31-17-15-24/h1-17,25,27H,18,30H2,(H,33,34)(H,31,32,35). The first-order valence-corrected chi connectivity index (χ1v) is 11.5. The van der Waals surface area contributed by atoms with Crippen molar-refractivity contribution in [3.63, 3.8) is 0 Å². The number of nitrogens with zero attached hydrogens (tertiary/aromatic N) is 1. The van der Waals surface area contributed by atoms with E-state index < -0.39 is 6.04 Å². The molecule has 2 atom stereocenters. The van der Waals surface area contributed by atoms with Crippen molar-refractivity contribution in [1.29, 1.82) is 0 Å². The normalized spacial score (nSPS) is 12.4. The number of hydrogen-bond acceptors (Lipinski definition) is 4. The van der Waals surface area contributed by atoms with Gasteiger partial charge in [-0.25, -0.2) is 0 Å². The highest BCUT2D eigenvalue weighted by Gasteiger charge is 2.19. The number of rotatable bonds is 8. The summed E-state index contributed by atoms with van der Waals surface area (Å²) in [7, 11) is 0. The van der Waals surface area contributed by atoms with Gasteiger partial charge in [-0.15, -0.1) is 0 Å². The maximum atomic E-state index is 12.9. The molecule has 0 bridgehead atoms. The monoisotopic (exact) mass is 484 g/mol. The van der Waals surface area contributed by atoms with E-state index in [1.54, 1.807) is 60.9 Å². The van der Waals surface area contributed by atoms with E-state index in [1.165, 1.54) is 0 Å². The van der Waals surface area contributed by atoms with Gasteiger partial charge in [-0.1, -0.05) is 66.2 Å². The number of hydrogen-bond donors (Lipinski definition) is 3. The second-order valence-electron chi connectivity index (χ2n) is 8.09. The largest absolute Gasteiger partial charge is 0.345 e. The number of benzene rings is 3. The molecule has 0 fully saturated rings. The number of halogens is 1. The van der Waals surface area contributed by atoms with Crippen molar-refractivity contribution < 1.29 is 9.59 Å². The molecule has 0 saturated heterocycles. The molecule has 4 rings (SSSR count). The fourth-order valence-corrected chi connectivity index (χ4v) is 3.84. The van der Waals surface area contributed by atoms with Gasteiger partial charge in [0.1, 0.15) is 0 Å². The summed E-state index contributed by atoms with van der Waals surface area (Å²) in [6, 6.07) is 26.7. The molecular weight excluding hydrogens is 460 g/mol. The zero-order valence-corrected chi connectivity index (χ0v) is 19.7. The molecule has 1 heterocycles.